The molecule has 3 heteroatoms. The summed E-state index contributed by atoms with van der Waals surface area (Å²) in [4.78, 5) is 2.85. The van der Waals surface area contributed by atoms with Crippen LogP contribution in [0.25, 0.3) is 0 Å². The minimum Gasteiger partial charge on any atom is -0.271 e. The van der Waals surface area contributed by atoms with E-state index in [1.807, 2.05) is 11.3 Å². The number of rotatable bonds is 3. The van der Waals surface area contributed by atoms with Gasteiger partial charge < -0.3 is 0 Å². The molecule has 1 aromatic heterocycles. The third kappa shape index (κ3) is 1.39. The lowest BCUT2D eigenvalue weighted by Gasteiger charge is -2.18. The summed E-state index contributed by atoms with van der Waals surface area (Å²) in [5, 5.41) is 0. The first-order chi connectivity index (χ1) is 8.29. The molecule has 3 aliphatic rings. The molecular weight excluding hydrogens is 228 g/mol. The van der Waals surface area contributed by atoms with Gasteiger partial charge in [0.15, 0.2) is 0 Å². The molecule has 0 saturated heterocycles. The molecule has 17 heavy (non-hydrogen) atoms. The maximum Gasteiger partial charge on any atom is 0.0587 e. The van der Waals surface area contributed by atoms with Gasteiger partial charge in [-0.1, -0.05) is 0 Å². The van der Waals surface area contributed by atoms with Crippen LogP contribution in [0.15, 0.2) is 12.1 Å². The van der Waals surface area contributed by atoms with Gasteiger partial charge in [0.05, 0.1) is 6.04 Å². The van der Waals surface area contributed by atoms with E-state index < -0.39 is 0 Å². The van der Waals surface area contributed by atoms with Gasteiger partial charge in [0.1, 0.15) is 0 Å². The third-order valence-corrected chi connectivity index (χ3v) is 6.51. The topological polar surface area (TPSA) is 38.0 Å². The number of hydrazine groups is 1. The van der Waals surface area contributed by atoms with Crippen molar-refractivity contribution in [3.63, 3.8) is 0 Å². The van der Waals surface area contributed by atoms with Crippen LogP contribution in [-0.4, -0.2) is 0 Å². The molecule has 2 bridgehead atoms. The summed E-state index contributed by atoms with van der Waals surface area (Å²) in [6.07, 6.45) is 4.50. The van der Waals surface area contributed by atoms with Crippen molar-refractivity contribution in [3.8, 4) is 0 Å². The lowest BCUT2D eigenvalue weighted by Crippen LogP contribution is -2.30. The van der Waals surface area contributed by atoms with Gasteiger partial charge in [-0.2, -0.15) is 0 Å². The average molecular weight is 248 g/mol. The predicted octanol–water partition coefficient (Wildman–Crippen LogP) is 2.85. The van der Waals surface area contributed by atoms with Gasteiger partial charge in [0.2, 0.25) is 0 Å². The maximum atomic E-state index is 5.83. The largest absolute Gasteiger partial charge is 0.271 e. The lowest BCUT2D eigenvalue weighted by atomic mass is 9.97. The molecule has 92 valence electrons. The van der Waals surface area contributed by atoms with Gasteiger partial charge in [-0.05, 0) is 67.9 Å². The maximum absolute atomic E-state index is 5.83. The molecule has 3 N–H and O–H groups in total. The van der Waals surface area contributed by atoms with Crippen LogP contribution >= 0.6 is 11.3 Å². The zero-order chi connectivity index (χ0) is 11.6. The number of hydrogen-bond donors (Lipinski definition) is 2. The van der Waals surface area contributed by atoms with Gasteiger partial charge in [-0.25, -0.2) is 0 Å². The average Bonchev–Trinajstić information content (AvgIpc) is 2.73. The van der Waals surface area contributed by atoms with Gasteiger partial charge >= 0.3 is 0 Å². The highest BCUT2D eigenvalue weighted by atomic mass is 32.1. The summed E-state index contributed by atoms with van der Waals surface area (Å²) < 4.78 is 0. The molecule has 0 aliphatic heterocycles. The van der Waals surface area contributed by atoms with Gasteiger partial charge in [0.25, 0.3) is 0 Å². The summed E-state index contributed by atoms with van der Waals surface area (Å²) in [7, 11) is 0. The number of nitrogens with one attached hydrogen (secondary N) is 1. The summed E-state index contributed by atoms with van der Waals surface area (Å²) in [6, 6.07) is 4.91. The minimum absolute atomic E-state index is 0.423. The first kappa shape index (κ1) is 10.5. The molecule has 4 rings (SSSR count). The summed E-state index contributed by atoms with van der Waals surface area (Å²) in [6.45, 7) is 2.18. The van der Waals surface area contributed by atoms with E-state index in [-0.39, 0.29) is 0 Å². The Hall–Kier alpha value is -0.380. The van der Waals surface area contributed by atoms with Crippen LogP contribution in [0.1, 0.15) is 35.1 Å². The summed E-state index contributed by atoms with van der Waals surface area (Å²) in [5.74, 6) is 10.7. The number of aryl methyl sites for hydroxylation is 1. The van der Waals surface area contributed by atoms with Crippen LogP contribution < -0.4 is 11.3 Å². The Bertz CT molecular complexity index is 425. The highest BCUT2D eigenvalue weighted by Crippen LogP contribution is 2.72. The first-order valence-corrected chi connectivity index (χ1v) is 7.63. The normalized spacial score (nSPS) is 43.8. The predicted molar refractivity (Wildman–Crippen MR) is 70.4 cm³/mol. The summed E-state index contributed by atoms with van der Waals surface area (Å²) in [5.41, 5.74) is 3.10. The Labute approximate surface area is 107 Å². The van der Waals surface area contributed by atoms with E-state index in [0.717, 1.165) is 29.6 Å². The van der Waals surface area contributed by atoms with Crippen molar-refractivity contribution in [2.45, 2.75) is 32.2 Å². The van der Waals surface area contributed by atoms with Crippen LogP contribution in [-0.2, 0) is 0 Å². The fourth-order valence-electron chi connectivity index (χ4n) is 4.84. The number of thiophene rings is 1. The second kappa shape index (κ2) is 3.56. The van der Waals surface area contributed by atoms with Crippen LogP contribution in [0.2, 0.25) is 0 Å². The Balaban J connectivity index is 1.59. The molecule has 2 nitrogen and oxygen atoms in total. The van der Waals surface area contributed by atoms with Crippen molar-refractivity contribution in [2.75, 3.05) is 0 Å². The molecule has 1 heterocycles. The van der Waals surface area contributed by atoms with Crippen molar-refractivity contribution in [1.29, 1.82) is 0 Å². The molecule has 5 atom stereocenters. The van der Waals surface area contributed by atoms with E-state index >= 15 is 0 Å². The Morgan fingerprint density at radius 1 is 1.29 bits per heavy atom. The molecule has 3 fully saturated rings. The van der Waals surface area contributed by atoms with Gasteiger partial charge in [-0.3, -0.25) is 11.3 Å². The van der Waals surface area contributed by atoms with E-state index in [0.29, 0.717) is 6.04 Å². The Morgan fingerprint density at radius 2 is 2.00 bits per heavy atom. The molecule has 0 amide bonds. The second-order valence-corrected chi connectivity index (χ2v) is 7.48. The number of nitrogens with two attached hydrogens (primary N) is 1. The zero-order valence-corrected chi connectivity index (χ0v) is 11.0. The van der Waals surface area contributed by atoms with Crippen molar-refractivity contribution >= 4 is 11.3 Å². The van der Waals surface area contributed by atoms with Crippen molar-refractivity contribution < 1.29 is 0 Å². The lowest BCUT2D eigenvalue weighted by molar-refractivity contribution is 0.377. The van der Waals surface area contributed by atoms with E-state index in [1.165, 1.54) is 29.0 Å². The number of fused-ring (bicyclic) bond motifs is 5. The van der Waals surface area contributed by atoms with Crippen LogP contribution in [0.5, 0.6) is 0 Å². The molecular formula is C14H20N2S. The van der Waals surface area contributed by atoms with Crippen LogP contribution in [0, 0.1) is 36.5 Å². The van der Waals surface area contributed by atoms with Crippen molar-refractivity contribution in [3.05, 3.63) is 21.9 Å². The Kier molecular flexibility index (Phi) is 2.21. The molecule has 0 spiro atoms. The van der Waals surface area contributed by atoms with Crippen molar-refractivity contribution in [2.24, 2.45) is 35.4 Å². The summed E-state index contributed by atoms with van der Waals surface area (Å²) >= 11 is 1.91. The SMILES string of the molecule is Cc1ccc(C(NN)C2C3C4CCC(C4)C32)s1. The molecule has 5 unspecified atom stereocenters. The number of hydrogen-bond acceptors (Lipinski definition) is 3. The van der Waals surface area contributed by atoms with Crippen molar-refractivity contribution in [1.82, 2.24) is 5.43 Å². The fourth-order valence-corrected chi connectivity index (χ4v) is 5.84. The molecule has 3 aliphatic carbocycles. The monoisotopic (exact) mass is 248 g/mol. The van der Waals surface area contributed by atoms with E-state index in [2.05, 4.69) is 24.5 Å². The quantitative estimate of drug-likeness (QED) is 0.637. The smallest absolute Gasteiger partial charge is 0.0587 e. The van der Waals surface area contributed by atoms with Gasteiger partial charge in [-0.15, -0.1) is 11.3 Å². The second-order valence-electron chi connectivity index (χ2n) is 6.16. The molecule has 0 aromatic carbocycles. The Morgan fingerprint density at radius 3 is 2.53 bits per heavy atom. The van der Waals surface area contributed by atoms with Crippen LogP contribution in [0.4, 0.5) is 0 Å². The fraction of sp³-hybridized carbons (Fsp3) is 0.714. The zero-order valence-electron chi connectivity index (χ0n) is 10.2. The van der Waals surface area contributed by atoms with E-state index in [4.69, 9.17) is 5.84 Å². The van der Waals surface area contributed by atoms with Gasteiger partial charge in [0, 0.05) is 9.75 Å². The molecule has 1 aromatic rings. The molecule has 3 saturated carbocycles. The minimum atomic E-state index is 0.423. The van der Waals surface area contributed by atoms with Crippen LogP contribution in [0.3, 0.4) is 0 Å². The van der Waals surface area contributed by atoms with E-state index in [1.54, 1.807) is 0 Å². The highest BCUT2D eigenvalue weighted by molar-refractivity contribution is 7.12. The highest BCUT2D eigenvalue weighted by Gasteiger charge is 2.66. The third-order valence-electron chi connectivity index (χ3n) is 5.43. The molecule has 0 radical (unpaired) electrons. The standard InChI is InChI=1S/C14H20N2S/c1-7-2-5-10(17-7)14(16-15)13-11-8-3-4-9(6-8)12(11)13/h2,5,8-9,11-14,16H,3-4,6,15H2,1H3. The van der Waals surface area contributed by atoms with E-state index in [9.17, 15) is 0 Å². The first-order valence-electron chi connectivity index (χ1n) is 6.82.